The predicted molar refractivity (Wildman–Crippen MR) is 90.0 cm³/mol. The molecule has 3 aromatic rings. The zero-order chi connectivity index (χ0) is 15.4. The van der Waals surface area contributed by atoms with Crippen LogP contribution in [-0.4, -0.2) is 10.1 Å². The van der Waals surface area contributed by atoms with Crippen molar-refractivity contribution in [2.45, 2.75) is 22.9 Å². The van der Waals surface area contributed by atoms with Gasteiger partial charge in [-0.25, -0.2) is 4.98 Å². The lowest BCUT2D eigenvalue weighted by Gasteiger charge is -2.14. The normalized spacial score (nSPS) is 12.1. The molecule has 3 rings (SSSR count). The summed E-state index contributed by atoms with van der Waals surface area (Å²) in [5.41, 5.74) is 2.78. The summed E-state index contributed by atoms with van der Waals surface area (Å²) in [5, 5.41) is 11.4. The Morgan fingerprint density at radius 3 is 2.23 bits per heavy atom. The standard InChI is InChI=1S/C19H17NOS/c1-14-12-18(22-16-10-6-3-7-11-16)20-13-17(14)19(21)15-8-4-2-5-9-15/h2-13,19,21H,1H3/t19-/m0/s1. The first kappa shape index (κ1) is 14.8. The average Bonchev–Trinajstić information content (AvgIpc) is 2.56. The second-order valence-corrected chi connectivity index (χ2v) is 6.20. The molecular weight excluding hydrogens is 290 g/mol. The maximum atomic E-state index is 10.5. The van der Waals surface area contributed by atoms with E-state index in [1.165, 1.54) is 0 Å². The van der Waals surface area contributed by atoms with Crippen molar-refractivity contribution >= 4 is 11.8 Å². The van der Waals surface area contributed by atoms with Crippen molar-refractivity contribution in [3.8, 4) is 0 Å². The molecule has 0 bridgehead atoms. The molecule has 3 heteroatoms. The molecule has 110 valence electrons. The van der Waals surface area contributed by atoms with Crippen molar-refractivity contribution in [1.29, 1.82) is 0 Å². The first-order valence-corrected chi connectivity index (χ1v) is 7.98. The van der Waals surface area contributed by atoms with Crippen LogP contribution in [0.15, 0.2) is 82.8 Å². The van der Waals surface area contributed by atoms with Crippen LogP contribution in [0, 0.1) is 6.92 Å². The highest BCUT2D eigenvalue weighted by Gasteiger charge is 2.13. The topological polar surface area (TPSA) is 33.1 Å². The van der Waals surface area contributed by atoms with Gasteiger partial charge in [0.1, 0.15) is 11.1 Å². The number of aliphatic hydroxyl groups is 1. The minimum Gasteiger partial charge on any atom is -0.384 e. The van der Waals surface area contributed by atoms with E-state index in [1.807, 2.05) is 61.5 Å². The molecule has 0 fully saturated rings. The van der Waals surface area contributed by atoms with Crippen LogP contribution in [0.5, 0.6) is 0 Å². The maximum Gasteiger partial charge on any atom is 0.106 e. The van der Waals surface area contributed by atoms with E-state index in [4.69, 9.17) is 0 Å². The van der Waals surface area contributed by atoms with E-state index in [1.54, 1.807) is 18.0 Å². The summed E-state index contributed by atoms with van der Waals surface area (Å²) in [4.78, 5) is 5.64. The summed E-state index contributed by atoms with van der Waals surface area (Å²) in [5.74, 6) is 0. The molecule has 0 aliphatic heterocycles. The van der Waals surface area contributed by atoms with Crippen LogP contribution in [-0.2, 0) is 0 Å². The number of rotatable bonds is 4. The molecule has 2 aromatic carbocycles. The zero-order valence-corrected chi connectivity index (χ0v) is 13.1. The lowest BCUT2D eigenvalue weighted by Crippen LogP contribution is -2.03. The van der Waals surface area contributed by atoms with Crippen LogP contribution in [0.3, 0.4) is 0 Å². The van der Waals surface area contributed by atoms with Gasteiger partial charge in [0.15, 0.2) is 0 Å². The second-order valence-electron chi connectivity index (χ2n) is 5.11. The van der Waals surface area contributed by atoms with Crippen molar-refractivity contribution in [3.05, 3.63) is 89.6 Å². The van der Waals surface area contributed by atoms with Crippen molar-refractivity contribution in [3.63, 3.8) is 0 Å². The highest BCUT2D eigenvalue weighted by molar-refractivity contribution is 7.99. The van der Waals surface area contributed by atoms with Gasteiger partial charge in [0.2, 0.25) is 0 Å². The van der Waals surface area contributed by atoms with Gasteiger partial charge in [0.25, 0.3) is 0 Å². The fourth-order valence-corrected chi connectivity index (χ4v) is 3.18. The van der Waals surface area contributed by atoms with E-state index in [-0.39, 0.29) is 0 Å². The quantitative estimate of drug-likeness (QED) is 0.763. The van der Waals surface area contributed by atoms with Crippen LogP contribution in [0.4, 0.5) is 0 Å². The number of nitrogens with zero attached hydrogens (tertiary/aromatic N) is 1. The van der Waals surface area contributed by atoms with Gasteiger partial charge in [-0.15, -0.1) is 0 Å². The monoisotopic (exact) mass is 307 g/mol. The van der Waals surface area contributed by atoms with Crippen molar-refractivity contribution in [2.75, 3.05) is 0 Å². The Hall–Kier alpha value is -2.10. The number of aryl methyl sites for hydroxylation is 1. The Balaban J connectivity index is 1.83. The van der Waals surface area contributed by atoms with Crippen molar-refractivity contribution in [2.24, 2.45) is 0 Å². The minimum absolute atomic E-state index is 0.635. The third-order valence-corrected chi connectivity index (χ3v) is 4.44. The number of hydrogen-bond acceptors (Lipinski definition) is 3. The van der Waals surface area contributed by atoms with E-state index in [0.29, 0.717) is 0 Å². The molecule has 22 heavy (non-hydrogen) atoms. The SMILES string of the molecule is Cc1cc(Sc2ccccc2)ncc1[C@@H](O)c1ccccc1. The summed E-state index contributed by atoms with van der Waals surface area (Å²) in [7, 11) is 0. The average molecular weight is 307 g/mol. The molecule has 2 nitrogen and oxygen atoms in total. The van der Waals surface area contributed by atoms with E-state index in [9.17, 15) is 5.11 Å². The molecule has 1 atom stereocenters. The number of aliphatic hydroxyl groups excluding tert-OH is 1. The lowest BCUT2D eigenvalue weighted by atomic mass is 10.00. The molecule has 1 aromatic heterocycles. The first-order valence-electron chi connectivity index (χ1n) is 7.16. The Kier molecular flexibility index (Phi) is 4.56. The molecule has 1 N–H and O–H groups in total. The smallest absolute Gasteiger partial charge is 0.106 e. The minimum atomic E-state index is -0.635. The van der Waals surface area contributed by atoms with Crippen LogP contribution in [0.2, 0.25) is 0 Å². The molecule has 0 aliphatic rings. The second kappa shape index (κ2) is 6.77. The number of hydrogen-bond donors (Lipinski definition) is 1. The van der Waals surface area contributed by atoms with Crippen LogP contribution in [0.1, 0.15) is 22.8 Å². The van der Waals surface area contributed by atoms with Gasteiger partial charge < -0.3 is 5.11 Å². The number of benzene rings is 2. The summed E-state index contributed by atoms with van der Waals surface area (Å²) >= 11 is 1.63. The molecule has 0 spiro atoms. The van der Waals surface area contributed by atoms with Gasteiger partial charge in [-0.2, -0.15) is 0 Å². The van der Waals surface area contributed by atoms with Gasteiger partial charge in [0, 0.05) is 16.7 Å². The Bertz CT molecular complexity index is 744. The summed E-state index contributed by atoms with van der Waals surface area (Å²) in [6.45, 7) is 2.01. The fraction of sp³-hybridized carbons (Fsp3) is 0.105. The van der Waals surface area contributed by atoms with Crippen LogP contribution < -0.4 is 0 Å². The van der Waals surface area contributed by atoms with Gasteiger partial charge in [-0.1, -0.05) is 60.3 Å². The third-order valence-electron chi connectivity index (χ3n) is 3.50. The number of aromatic nitrogens is 1. The molecule has 0 radical (unpaired) electrons. The van der Waals surface area contributed by atoms with Crippen molar-refractivity contribution in [1.82, 2.24) is 4.98 Å². The lowest BCUT2D eigenvalue weighted by molar-refractivity contribution is 0.219. The molecule has 0 unspecified atom stereocenters. The van der Waals surface area contributed by atoms with Gasteiger partial charge in [-0.05, 0) is 36.2 Å². The van der Waals surface area contributed by atoms with Gasteiger partial charge in [0.05, 0.1) is 0 Å². The third kappa shape index (κ3) is 3.38. The Morgan fingerprint density at radius 1 is 0.955 bits per heavy atom. The Labute approximate surface area is 134 Å². The Morgan fingerprint density at radius 2 is 1.59 bits per heavy atom. The van der Waals surface area contributed by atoms with E-state index >= 15 is 0 Å². The summed E-state index contributed by atoms with van der Waals surface area (Å²) in [6, 6.07) is 21.9. The molecule has 1 heterocycles. The molecule has 0 aliphatic carbocycles. The van der Waals surface area contributed by atoms with Crippen LogP contribution in [0.25, 0.3) is 0 Å². The van der Waals surface area contributed by atoms with Crippen molar-refractivity contribution < 1.29 is 5.11 Å². The zero-order valence-electron chi connectivity index (χ0n) is 12.3. The summed E-state index contributed by atoms with van der Waals surface area (Å²) in [6.07, 6.45) is 1.14. The van der Waals surface area contributed by atoms with Gasteiger partial charge >= 0.3 is 0 Å². The first-order chi connectivity index (χ1) is 10.7. The number of pyridine rings is 1. The van der Waals surface area contributed by atoms with E-state index in [0.717, 1.165) is 26.6 Å². The van der Waals surface area contributed by atoms with E-state index < -0.39 is 6.10 Å². The molecule has 0 saturated heterocycles. The van der Waals surface area contributed by atoms with Crippen LogP contribution >= 0.6 is 11.8 Å². The maximum absolute atomic E-state index is 10.5. The molecular formula is C19H17NOS. The largest absolute Gasteiger partial charge is 0.384 e. The molecule has 0 saturated carbocycles. The highest BCUT2D eigenvalue weighted by atomic mass is 32.2. The summed E-state index contributed by atoms with van der Waals surface area (Å²) < 4.78 is 0. The highest BCUT2D eigenvalue weighted by Crippen LogP contribution is 2.30. The predicted octanol–water partition coefficient (Wildman–Crippen LogP) is 4.62. The molecule has 0 amide bonds. The van der Waals surface area contributed by atoms with E-state index in [2.05, 4.69) is 17.1 Å². The fourth-order valence-electron chi connectivity index (χ4n) is 2.31. The van der Waals surface area contributed by atoms with Gasteiger partial charge in [-0.3, -0.25) is 0 Å².